The van der Waals surface area contributed by atoms with Crippen molar-refractivity contribution in [3.63, 3.8) is 0 Å². The minimum atomic E-state index is -4.25. The molecule has 1 aromatic heterocycles. The summed E-state index contributed by atoms with van der Waals surface area (Å²) in [4.78, 5) is 14.1. The van der Waals surface area contributed by atoms with Gasteiger partial charge in [-0.05, 0) is 6.92 Å². The lowest BCUT2D eigenvalue weighted by Gasteiger charge is -2.14. The first kappa shape index (κ1) is 12.8. The van der Waals surface area contributed by atoms with Crippen molar-refractivity contribution >= 4 is 22.4 Å². The van der Waals surface area contributed by atoms with Gasteiger partial charge in [0.15, 0.2) is 5.13 Å². The number of thiazole rings is 1. The van der Waals surface area contributed by atoms with Gasteiger partial charge < -0.3 is 10.4 Å². The normalized spacial score (nSPS) is 13.5. The Kier molecular flexibility index (Phi) is 3.74. The first-order valence-corrected chi connectivity index (χ1v) is 5.12. The van der Waals surface area contributed by atoms with Crippen LogP contribution in [0.15, 0.2) is 6.20 Å². The van der Waals surface area contributed by atoms with Crippen molar-refractivity contribution in [2.75, 3.05) is 5.32 Å². The van der Waals surface area contributed by atoms with Crippen molar-refractivity contribution in [3.05, 3.63) is 11.1 Å². The largest absolute Gasteiger partial charge is 0.477 e. The van der Waals surface area contributed by atoms with Crippen LogP contribution in [0.2, 0.25) is 0 Å². The predicted molar refractivity (Wildman–Crippen MR) is 52.8 cm³/mol. The minimum Gasteiger partial charge on any atom is -0.477 e. The van der Waals surface area contributed by atoms with E-state index >= 15 is 0 Å². The molecule has 1 atom stereocenters. The maximum Gasteiger partial charge on any atom is 0.391 e. The summed E-state index contributed by atoms with van der Waals surface area (Å²) in [5, 5.41) is 11.3. The molecule has 2 N–H and O–H groups in total. The molecule has 0 aliphatic carbocycles. The number of alkyl halides is 3. The SMILES string of the molecule is CC(CC(F)(F)F)Nc1ncc(C(=O)O)s1. The number of nitrogens with zero attached hydrogens (tertiary/aromatic N) is 1. The van der Waals surface area contributed by atoms with E-state index in [1.807, 2.05) is 0 Å². The van der Waals surface area contributed by atoms with Gasteiger partial charge in [0.2, 0.25) is 0 Å². The summed E-state index contributed by atoms with van der Waals surface area (Å²) in [7, 11) is 0. The van der Waals surface area contributed by atoms with Crippen LogP contribution in [-0.4, -0.2) is 28.3 Å². The molecule has 0 spiro atoms. The second-order valence-corrected chi connectivity index (χ2v) is 4.23. The number of halogens is 3. The van der Waals surface area contributed by atoms with Crippen LogP contribution in [0.1, 0.15) is 23.0 Å². The zero-order valence-electron chi connectivity index (χ0n) is 8.21. The van der Waals surface area contributed by atoms with Gasteiger partial charge in [-0.25, -0.2) is 9.78 Å². The molecule has 4 nitrogen and oxygen atoms in total. The maximum absolute atomic E-state index is 12.0. The highest BCUT2D eigenvalue weighted by molar-refractivity contribution is 7.17. The molecule has 0 aliphatic rings. The summed E-state index contributed by atoms with van der Waals surface area (Å²) >= 11 is 0.806. The summed E-state index contributed by atoms with van der Waals surface area (Å²) in [6, 6.07) is -0.840. The fourth-order valence-corrected chi connectivity index (χ4v) is 1.82. The van der Waals surface area contributed by atoms with Crippen molar-refractivity contribution in [2.24, 2.45) is 0 Å². The minimum absolute atomic E-state index is 0.0123. The van der Waals surface area contributed by atoms with Crippen LogP contribution in [0.5, 0.6) is 0 Å². The van der Waals surface area contributed by atoms with Crippen molar-refractivity contribution in [2.45, 2.75) is 25.6 Å². The molecule has 1 rings (SSSR count). The molecule has 0 saturated carbocycles. The van der Waals surface area contributed by atoms with E-state index < -0.39 is 24.6 Å². The van der Waals surface area contributed by atoms with Gasteiger partial charge in [-0.15, -0.1) is 0 Å². The van der Waals surface area contributed by atoms with E-state index in [9.17, 15) is 18.0 Å². The van der Waals surface area contributed by atoms with Gasteiger partial charge in [0.25, 0.3) is 0 Å². The number of nitrogens with one attached hydrogen (secondary N) is 1. The van der Waals surface area contributed by atoms with Gasteiger partial charge in [-0.2, -0.15) is 13.2 Å². The smallest absolute Gasteiger partial charge is 0.391 e. The van der Waals surface area contributed by atoms with E-state index in [1.54, 1.807) is 0 Å². The molecule has 1 aromatic rings. The van der Waals surface area contributed by atoms with Crippen molar-refractivity contribution in [3.8, 4) is 0 Å². The molecule has 0 aliphatic heterocycles. The molecule has 16 heavy (non-hydrogen) atoms. The number of carboxylic acids is 1. The number of carboxylic acid groups (broad SMARTS) is 1. The lowest BCUT2D eigenvalue weighted by Crippen LogP contribution is -2.23. The number of hydrogen-bond acceptors (Lipinski definition) is 4. The molecular formula is C8H9F3N2O2S. The summed E-state index contributed by atoms with van der Waals surface area (Å²) < 4.78 is 36.0. The summed E-state index contributed by atoms with van der Waals surface area (Å²) in [5.74, 6) is -1.14. The molecular weight excluding hydrogens is 245 g/mol. The van der Waals surface area contributed by atoms with Crippen LogP contribution in [0.25, 0.3) is 0 Å². The van der Waals surface area contributed by atoms with Crippen LogP contribution in [0.3, 0.4) is 0 Å². The lowest BCUT2D eigenvalue weighted by atomic mass is 10.2. The van der Waals surface area contributed by atoms with Gasteiger partial charge in [0.1, 0.15) is 4.88 Å². The van der Waals surface area contributed by atoms with Crippen molar-refractivity contribution in [1.82, 2.24) is 4.98 Å². The van der Waals surface area contributed by atoms with Crippen LogP contribution in [-0.2, 0) is 0 Å². The molecule has 0 aromatic carbocycles. The molecule has 0 radical (unpaired) electrons. The first-order valence-electron chi connectivity index (χ1n) is 4.30. The number of aromatic nitrogens is 1. The quantitative estimate of drug-likeness (QED) is 0.866. The van der Waals surface area contributed by atoms with E-state index in [0.717, 1.165) is 17.5 Å². The summed E-state index contributed by atoms with van der Waals surface area (Å²) in [6.07, 6.45) is -4.13. The highest BCUT2D eigenvalue weighted by atomic mass is 32.1. The topological polar surface area (TPSA) is 62.2 Å². The molecule has 90 valence electrons. The fraction of sp³-hybridized carbons (Fsp3) is 0.500. The summed E-state index contributed by atoms with van der Waals surface area (Å²) in [6.45, 7) is 1.36. The maximum atomic E-state index is 12.0. The van der Waals surface area contributed by atoms with Crippen LogP contribution in [0, 0.1) is 0 Å². The standard InChI is InChI=1S/C8H9F3N2O2S/c1-4(2-8(9,10)11)13-7-12-3-5(16-7)6(14)15/h3-4H,2H2,1H3,(H,12,13)(H,14,15). The Bertz CT molecular complexity index is 378. The van der Waals surface area contributed by atoms with E-state index in [4.69, 9.17) is 5.11 Å². The second kappa shape index (κ2) is 4.69. The molecule has 0 bridgehead atoms. The Morgan fingerprint density at radius 1 is 1.69 bits per heavy atom. The van der Waals surface area contributed by atoms with E-state index in [2.05, 4.69) is 10.3 Å². The fourth-order valence-electron chi connectivity index (χ4n) is 1.05. The van der Waals surface area contributed by atoms with Crippen LogP contribution < -0.4 is 5.32 Å². The Morgan fingerprint density at radius 3 is 2.75 bits per heavy atom. The number of aromatic carboxylic acids is 1. The van der Waals surface area contributed by atoms with Gasteiger partial charge in [0.05, 0.1) is 12.6 Å². The number of carbonyl (C=O) groups is 1. The zero-order chi connectivity index (χ0) is 12.3. The second-order valence-electron chi connectivity index (χ2n) is 3.20. The highest BCUT2D eigenvalue weighted by Gasteiger charge is 2.30. The molecule has 0 saturated heterocycles. The Morgan fingerprint density at radius 2 is 2.31 bits per heavy atom. The first-order chi connectivity index (χ1) is 7.28. The third kappa shape index (κ3) is 4.05. The van der Waals surface area contributed by atoms with Gasteiger partial charge in [-0.1, -0.05) is 11.3 Å². The third-order valence-corrected chi connectivity index (χ3v) is 2.54. The monoisotopic (exact) mass is 254 g/mol. The molecule has 8 heteroatoms. The highest BCUT2D eigenvalue weighted by Crippen LogP contribution is 2.25. The molecule has 0 amide bonds. The van der Waals surface area contributed by atoms with Gasteiger partial charge in [-0.3, -0.25) is 0 Å². The van der Waals surface area contributed by atoms with Crippen LogP contribution in [0.4, 0.5) is 18.3 Å². The molecule has 1 heterocycles. The van der Waals surface area contributed by atoms with Crippen molar-refractivity contribution < 1.29 is 23.1 Å². The number of hydrogen-bond donors (Lipinski definition) is 2. The van der Waals surface area contributed by atoms with E-state index in [0.29, 0.717) is 0 Å². The third-order valence-electron chi connectivity index (χ3n) is 1.62. The average Bonchev–Trinajstić information content (AvgIpc) is 2.48. The average molecular weight is 254 g/mol. The molecule has 1 unspecified atom stereocenters. The Hall–Kier alpha value is -1.31. The van der Waals surface area contributed by atoms with E-state index in [1.165, 1.54) is 6.92 Å². The Balaban J connectivity index is 2.56. The van der Waals surface area contributed by atoms with Gasteiger partial charge >= 0.3 is 12.1 Å². The summed E-state index contributed by atoms with van der Waals surface area (Å²) in [5.41, 5.74) is 0. The molecule has 0 fully saturated rings. The lowest BCUT2D eigenvalue weighted by molar-refractivity contribution is -0.136. The van der Waals surface area contributed by atoms with E-state index in [-0.39, 0.29) is 10.0 Å². The van der Waals surface area contributed by atoms with Crippen LogP contribution >= 0.6 is 11.3 Å². The number of anilines is 1. The van der Waals surface area contributed by atoms with Gasteiger partial charge in [0, 0.05) is 6.04 Å². The predicted octanol–water partition coefficient (Wildman–Crippen LogP) is 2.59. The zero-order valence-corrected chi connectivity index (χ0v) is 9.02. The number of rotatable bonds is 4. The Labute approximate surface area is 93.1 Å². The van der Waals surface area contributed by atoms with Crippen molar-refractivity contribution in [1.29, 1.82) is 0 Å².